The van der Waals surface area contributed by atoms with E-state index in [-0.39, 0.29) is 5.82 Å². The van der Waals surface area contributed by atoms with Gasteiger partial charge in [0.05, 0.1) is 0 Å². The van der Waals surface area contributed by atoms with Gasteiger partial charge in [0.25, 0.3) is 0 Å². The largest absolute Gasteiger partial charge is 0.356 e. The van der Waals surface area contributed by atoms with Crippen LogP contribution in [-0.4, -0.2) is 38.0 Å². The van der Waals surface area contributed by atoms with Crippen molar-refractivity contribution < 1.29 is 4.39 Å². The Kier molecular flexibility index (Phi) is 6.63. The summed E-state index contributed by atoms with van der Waals surface area (Å²) in [5.74, 6) is 1.05. The molecule has 26 heavy (non-hydrogen) atoms. The molecular weight excluding hydrogens is 347 g/mol. The Morgan fingerprint density at radius 1 is 1.27 bits per heavy atom. The van der Waals surface area contributed by atoms with E-state index in [1.807, 2.05) is 17.4 Å². The second-order valence-corrected chi connectivity index (χ2v) is 7.72. The lowest BCUT2D eigenvalue weighted by atomic mass is 9.88. The van der Waals surface area contributed by atoms with Gasteiger partial charge >= 0.3 is 0 Å². The first-order valence-electron chi connectivity index (χ1n) is 9.10. The highest BCUT2D eigenvalue weighted by molar-refractivity contribution is 7.10. The maximum absolute atomic E-state index is 13.8. The van der Waals surface area contributed by atoms with Crippen molar-refractivity contribution in [2.24, 2.45) is 10.9 Å². The Bertz CT molecular complexity index is 716. The number of thiophene rings is 1. The van der Waals surface area contributed by atoms with Crippen molar-refractivity contribution in [1.29, 1.82) is 0 Å². The fraction of sp³-hybridized carbons (Fsp3) is 0.450. The molecule has 1 aliphatic heterocycles. The van der Waals surface area contributed by atoms with Crippen LogP contribution in [0.25, 0.3) is 0 Å². The molecule has 2 atom stereocenters. The minimum absolute atomic E-state index is 0.192. The van der Waals surface area contributed by atoms with Crippen LogP contribution in [0.15, 0.2) is 46.8 Å². The summed E-state index contributed by atoms with van der Waals surface area (Å²) < 4.78 is 13.8. The normalized spacial score (nSPS) is 21.6. The first-order chi connectivity index (χ1) is 12.7. The van der Waals surface area contributed by atoms with Gasteiger partial charge in [0.1, 0.15) is 5.82 Å². The van der Waals surface area contributed by atoms with E-state index < -0.39 is 0 Å². The number of benzene rings is 1. The number of aliphatic imine (C=N–C) groups is 1. The zero-order chi connectivity index (χ0) is 18.4. The van der Waals surface area contributed by atoms with Gasteiger partial charge in [-0.3, -0.25) is 9.89 Å². The van der Waals surface area contributed by atoms with Crippen LogP contribution in [0.2, 0.25) is 0 Å². The molecule has 0 amide bonds. The molecule has 1 aliphatic rings. The first-order valence-corrected chi connectivity index (χ1v) is 9.98. The van der Waals surface area contributed by atoms with E-state index in [1.54, 1.807) is 19.2 Å². The Hall–Kier alpha value is -1.92. The number of hydrogen-bond acceptors (Lipinski definition) is 3. The highest BCUT2D eigenvalue weighted by Gasteiger charge is 2.31. The summed E-state index contributed by atoms with van der Waals surface area (Å²) in [6.07, 6.45) is 2.41. The molecule has 1 fully saturated rings. The van der Waals surface area contributed by atoms with Crippen LogP contribution < -0.4 is 10.6 Å². The lowest BCUT2D eigenvalue weighted by Crippen LogP contribution is -2.44. The number of piperidine rings is 1. The Morgan fingerprint density at radius 3 is 2.85 bits per heavy atom. The number of guanidine groups is 1. The molecule has 140 valence electrons. The first kappa shape index (κ1) is 18.9. The summed E-state index contributed by atoms with van der Waals surface area (Å²) in [5.41, 5.74) is 0.643. The molecule has 2 unspecified atom stereocenters. The summed E-state index contributed by atoms with van der Waals surface area (Å²) in [5, 5.41) is 8.80. The second-order valence-electron chi connectivity index (χ2n) is 6.74. The second kappa shape index (κ2) is 9.14. The number of rotatable bonds is 5. The number of hydrogen-bond donors (Lipinski definition) is 2. The Labute approximate surface area is 159 Å². The van der Waals surface area contributed by atoms with Crippen molar-refractivity contribution in [2.45, 2.75) is 25.4 Å². The van der Waals surface area contributed by atoms with Crippen LogP contribution in [0.5, 0.6) is 0 Å². The van der Waals surface area contributed by atoms with Gasteiger partial charge in [-0.05, 0) is 49.9 Å². The van der Waals surface area contributed by atoms with Crippen LogP contribution in [0, 0.1) is 11.7 Å². The molecule has 1 saturated heterocycles. The number of nitrogens with one attached hydrogen (secondary N) is 2. The van der Waals surface area contributed by atoms with Crippen molar-refractivity contribution in [1.82, 2.24) is 15.5 Å². The van der Waals surface area contributed by atoms with Crippen LogP contribution in [0.1, 0.15) is 29.3 Å². The van der Waals surface area contributed by atoms with Crippen molar-refractivity contribution in [3.8, 4) is 0 Å². The molecule has 0 spiro atoms. The molecule has 0 aliphatic carbocycles. The number of likely N-dealkylation sites (tertiary alicyclic amines) is 1. The SMILES string of the molecule is CN=C(NCc1ccccc1F)NCC1CCCN(C)C1c1cccs1. The third kappa shape index (κ3) is 4.62. The van der Waals surface area contributed by atoms with Crippen LogP contribution in [0.4, 0.5) is 4.39 Å². The topological polar surface area (TPSA) is 39.7 Å². The molecule has 1 aromatic heterocycles. The summed E-state index contributed by atoms with van der Waals surface area (Å²) in [6, 6.07) is 11.6. The summed E-state index contributed by atoms with van der Waals surface area (Å²) in [6.45, 7) is 2.41. The summed E-state index contributed by atoms with van der Waals surface area (Å²) >= 11 is 1.83. The summed E-state index contributed by atoms with van der Waals surface area (Å²) in [4.78, 5) is 8.16. The van der Waals surface area contributed by atoms with Crippen LogP contribution in [-0.2, 0) is 6.54 Å². The third-order valence-electron chi connectivity index (χ3n) is 5.00. The molecule has 0 radical (unpaired) electrons. The zero-order valence-corrected chi connectivity index (χ0v) is 16.2. The van der Waals surface area contributed by atoms with Crippen molar-refractivity contribution in [3.63, 3.8) is 0 Å². The van der Waals surface area contributed by atoms with Gasteiger partial charge in [-0.15, -0.1) is 11.3 Å². The predicted octanol–water partition coefficient (Wildman–Crippen LogP) is 3.64. The molecule has 0 bridgehead atoms. The van der Waals surface area contributed by atoms with Crippen molar-refractivity contribution in [2.75, 3.05) is 27.2 Å². The minimum atomic E-state index is -0.192. The van der Waals surface area contributed by atoms with Gasteiger partial charge in [0.2, 0.25) is 0 Å². The molecule has 2 heterocycles. The van der Waals surface area contributed by atoms with Crippen molar-refractivity contribution in [3.05, 3.63) is 58.0 Å². The van der Waals surface area contributed by atoms with E-state index in [4.69, 9.17) is 0 Å². The Morgan fingerprint density at radius 2 is 2.12 bits per heavy atom. The molecule has 3 rings (SSSR count). The van der Waals surface area contributed by atoms with E-state index >= 15 is 0 Å². The van der Waals surface area contributed by atoms with E-state index in [9.17, 15) is 4.39 Å². The van der Waals surface area contributed by atoms with Gasteiger partial charge in [0.15, 0.2) is 5.96 Å². The molecular formula is C20H27FN4S. The Balaban J connectivity index is 1.58. The fourth-order valence-electron chi connectivity index (χ4n) is 3.65. The quantitative estimate of drug-likeness (QED) is 0.620. The van der Waals surface area contributed by atoms with Crippen LogP contribution in [0.3, 0.4) is 0 Å². The summed E-state index contributed by atoms with van der Waals surface area (Å²) in [7, 11) is 3.96. The van der Waals surface area contributed by atoms with E-state index in [1.165, 1.54) is 23.8 Å². The fourth-order valence-corrected chi connectivity index (χ4v) is 4.63. The number of halogens is 1. The highest BCUT2D eigenvalue weighted by atomic mass is 32.1. The van der Waals surface area contributed by atoms with E-state index in [0.717, 1.165) is 13.1 Å². The van der Waals surface area contributed by atoms with Crippen molar-refractivity contribution >= 4 is 17.3 Å². The van der Waals surface area contributed by atoms with E-state index in [2.05, 4.69) is 45.1 Å². The molecule has 1 aromatic carbocycles. The third-order valence-corrected chi connectivity index (χ3v) is 5.94. The minimum Gasteiger partial charge on any atom is -0.356 e. The predicted molar refractivity (Wildman–Crippen MR) is 107 cm³/mol. The monoisotopic (exact) mass is 374 g/mol. The maximum Gasteiger partial charge on any atom is 0.191 e. The maximum atomic E-state index is 13.8. The lowest BCUT2D eigenvalue weighted by Gasteiger charge is -2.39. The van der Waals surface area contributed by atoms with Gasteiger partial charge in [-0.2, -0.15) is 0 Å². The molecule has 0 saturated carbocycles. The van der Waals surface area contributed by atoms with Gasteiger partial charge in [0, 0.05) is 36.6 Å². The smallest absolute Gasteiger partial charge is 0.191 e. The van der Waals surface area contributed by atoms with Crippen LogP contribution >= 0.6 is 11.3 Å². The lowest BCUT2D eigenvalue weighted by molar-refractivity contribution is 0.125. The highest BCUT2D eigenvalue weighted by Crippen LogP contribution is 2.36. The number of nitrogens with zero attached hydrogens (tertiary/aromatic N) is 2. The average molecular weight is 375 g/mol. The zero-order valence-electron chi connectivity index (χ0n) is 15.4. The molecule has 4 nitrogen and oxygen atoms in total. The van der Waals surface area contributed by atoms with Gasteiger partial charge in [-0.25, -0.2) is 4.39 Å². The molecule has 2 aromatic rings. The van der Waals surface area contributed by atoms with E-state index in [0.29, 0.717) is 30.0 Å². The van der Waals surface area contributed by atoms with Gasteiger partial charge in [-0.1, -0.05) is 24.3 Å². The molecule has 6 heteroatoms. The molecule has 2 N–H and O–H groups in total. The average Bonchev–Trinajstić information content (AvgIpc) is 3.17. The van der Waals surface area contributed by atoms with Gasteiger partial charge < -0.3 is 10.6 Å². The standard InChI is InChI=1S/C20H27FN4S/c1-22-20(23-13-15-7-3-4-9-17(15)21)24-14-16-8-5-11-25(2)19(16)18-10-6-12-26-18/h3-4,6-7,9-10,12,16,19H,5,8,11,13-14H2,1-2H3,(H2,22,23,24).